The number of halogens is 1. The second-order valence-electron chi connectivity index (χ2n) is 4.75. The van der Waals surface area contributed by atoms with Crippen LogP contribution in [-0.4, -0.2) is 37.5 Å². The number of nitrogens with zero attached hydrogens (tertiary/aromatic N) is 2. The SMILES string of the molecule is Cc1cc(N2CCCN(C)C(=O)C2)c(Br)cc1N. The maximum atomic E-state index is 11.9. The van der Waals surface area contributed by atoms with E-state index in [1.807, 2.05) is 26.1 Å². The average Bonchev–Trinajstić information content (AvgIpc) is 2.47. The molecule has 18 heavy (non-hydrogen) atoms. The number of hydrogen-bond acceptors (Lipinski definition) is 3. The summed E-state index contributed by atoms with van der Waals surface area (Å²) < 4.78 is 0.947. The van der Waals surface area contributed by atoms with Crippen LogP contribution in [0.5, 0.6) is 0 Å². The first-order valence-electron chi connectivity index (χ1n) is 6.03. The summed E-state index contributed by atoms with van der Waals surface area (Å²) in [5.74, 6) is 0.161. The van der Waals surface area contributed by atoms with Crippen LogP contribution in [0.2, 0.25) is 0 Å². The Morgan fingerprint density at radius 2 is 2.06 bits per heavy atom. The van der Waals surface area contributed by atoms with E-state index < -0.39 is 0 Å². The lowest BCUT2D eigenvalue weighted by Crippen LogP contribution is -2.34. The van der Waals surface area contributed by atoms with Crippen LogP contribution in [0.15, 0.2) is 16.6 Å². The molecule has 1 heterocycles. The summed E-state index contributed by atoms with van der Waals surface area (Å²) in [6, 6.07) is 3.95. The molecule has 5 heteroatoms. The summed E-state index contributed by atoms with van der Waals surface area (Å²) in [6.45, 7) is 4.12. The Morgan fingerprint density at radius 3 is 2.78 bits per heavy atom. The lowest BCUT2D eigenvalue weighted by atomic mass is 10.1. The van der Waals surface area contributed by atoms with Gasteiger partial charge in [0.1, 0.15) is 0 Å². The average molecular weight is 312 g/mol. The maximum Gasteiger partial charge on any atom is 0.241 e. The van der Waals surface area contributed by atoms with Crippen LogP contribution >= 0.6 is 15.9 Å². The van der Waals surface area contributed by atoms with Gasteiger partial charge in [-0.05, 0) is 47.0 Å². The Hall–Kier alpha value is -1.23. The van der Waals surface area contributed by atoms with Gasteiger partial charge in [-0.3, -0.25) is 4.79 Å². The fraction of sp³-hybridized carbons (Fsp3) is 0.462. The second kappa shape index (κ2) is 5.18. The number of nitrogens with two attached hydrogens (primary N) is 1. The molecule has 1 aliphatic rings. The Morgan fingerprint density at radius 1 is 1.33 bits per heavy atom. The van der Waals surface area contributed by atoms with E-state index in [0.717, 1.165) is 40.9 Å². The van der Waals surface area contributed by atoms with Crippen LogP contribution in [0.4, 0.5) is 11.4 Å². The van der Waals surface area contributed by atoms with Crippen molar-refractivity contribution in [1.29, 1.82) is 0 Å². The first-order chi connectivity index (χ1) is 8.49. The molecular weight excluding hydrogens is 294 g/mol. The van der Waals surface area contributed by atoms with E-state index in [1.165, 1.54) is 0 Å². The highest BCUT2D eigenvalue weighted by Gasteiger charge is 2.20. The molecule has 0 unspecified atom stereocenters. The number of aryl methyl sites for hydroxylation is 1. The standard InChI is InChI=1S/C13H18BrN3O/c1-9-6-12(10(14)7-11(9)15)17-5-3-4-16(2)13(18)8-17/h6-7H,3-5,8,15H2,1-2H3. The Balaban J connectivity index is 2.30. The molecule has 0 atom stereocenters. The quantitative estimate of drug-likeness (QED) is 0.807. The fourth-order valence-electron chi connectivity index (χ4n) is 2.12. The number of carbonyl (C=O) groups is 1. The minimum Gasteiger partial charge on any atom is -0.398 e. The fourth-order valence-corrected chi connectivity index (χ4v) is 2.73. The molecular formula is C13H18BrN3O. The summed E-state index contributed by atoms with van der Waals surface area (Å²) in [5, 5.41) is 0. The molecule has 1 aromatic carbocycles. The highest BCUT2D eigenvalue weighted by atomic mass is 79.9. The smallest absolute Gasteiger partial charge is 0.241 e. The normalized spacial score (nSPS) is 16.9. The van der Waals surface area contributed by atoms with Crippen molar-refractivity contribution in [2.45, 2.75) is 13.3 Å². The molecule has 1 saturated heterocycles. The number of nitrogen functional groups attached to an aromatic ring is 1. The van der Waals surface area contributed by atoms with Gasteiger partial charge < -0.3 is 15.5 Å². The van der Waals surface area contributed by atoms with Gasteiger partial charge in [0.2, 0.25) is 5.91 Å². The molecule has 2 rings (SSSR count). The number of rotatable bonds is 1. The minimum absolute atomic E-state index is 0.161. The number of anilines is 2. The van der Waals surface area contributed by atoms with Gasteiger partial charge in [0.25, 0.3) is 0 Å². The van der Waals surface area contributed by atoms with Gasteiger partial charge in [0, 0.05) is 30.3 Å². The van der Waals surface area contributed by atoms with Crippen LogP contribution in [0.3, 0.4) is 0 Å². The van der Waals surface area contributed by atoms with Crippen LogP contribution in [0.1, 0.15) is 12.0 Å². The van der Waals surface area contributed by atoms with Gasteiger partial charge in [0.05, 0.1) is 12.2 Å². The van der Waals surface area contributed by atoms with E-state index in [4.69, 9.17) is 5.73 Å². The lowest BCUT2D eigenvalue weighted by molar-refractivity contribution is -0.127. The van der Waals surface area contributed by atoms with Gasteiger partial charge in [0.15, 0.2) is 0 Å². The number of amides is 1. The summed E-state index contributed by atoms with van der Waals surface area (Å²) >= 11 is 3.53. The van der Waals surface area contributed by atoms with Crippen LogP contribution in [-0.2, 0) is 4.79 Å². The highest BCUT2D eigenvalue weighted by molar-refractivity contribution is 9.10. The Labute approximate surface area is 116 Å². The molecule has 1 aromatic rings. The van der Waals surface area contributed by atoms with E-state index >= 15 is 0 Å². The van der Waals surface area contributed by atoms with Gasteiger partial charge >= 0.3 is 0 Å². The minimum atomic E-state index is 0.161. The van der Waals surface area contributed by atoms with Crippen molar-refractivity contribution in [2.24, 2.45) is 0 Å². The molecule has 0 radical (unpaired) electrons. The third-order valence-corrected chi connectivity index (χ3v) is 3.98. The van der Waals surface area contributed by atoms with Crippen molar-refractivity contribution < 1.29 is 4.79 Å². The maximum absolute atomic E-state index is 11.9. The zero-order valence-corrected chi connectivity index (χ0v) is 12.3. The summed E-state index contributed by atoms with van der Waals surface area (Å²) in [4.78, 5) is 15.8. The highest BCUT2D eigenvalue weighted by Crippen LogP contribution is 2.31. The summed E-state index contributed by atoms with van der Waals surface area (Å²) in [5.41, 5.74) is 8.73. The molecule has 1 aliphatic heterocycles. The van der Waals surface area contributed by atoms with Crippen LogP contribution in [0, 0.1) is 6.92 Å². The Kier molecular flexibility index (Phi) is 3.80. The van der Waals surface area contributed by atoms with Crippen LogP contribution in [0.25, 0.3) is 0 Å². The number of benzene rings is 1. The van der Waals surface area contributed by atoms with E-state index in [-0.39, 0.29) is 5.91 Å². The molecule has 1 fully saturated rings. The second-order valence-corrected chi connectivity index (χ2v) is 5.60. The molecule has 0 aromatic heterocycles. The van der Waals surface area contributed by atoms with E-state index in [1.54, 1.807) is 4.90 Å². The zero-order valence-electron chi connectivity index (χ0n) is 10.7. The largest absolute Gasteiger partial charge is 0.398 e. The molecule has 0 aliphatic carbocycles. The van der Waals surface area contributed by atoms with Gasteiger partial charge in [-0.25, -0.2) is 0 Å². The molecule has 0 spiro atoms. The predicted molar refractivity (Wildman–Crippen MR) is 77.8 cm³/mol. The van der Waals surface area contributed by atoms with Crippen molar-refractivity contribution in [3.8, 4) is 0 Å². The van der Waals surface area contributed by atoms with Crippen molar-refractivity contribution in [2.75, 3.05) is 37.3 Å². The Bertz CT molecular complexity index is 476. The number of hydrogen-bond donors (Lipinski definition) is 1. The summed E-state index contributed by atoms with van der Waals surface area (Å²) in [7, 11) is 1.86. The lowest BCUT2D eigenvalue weighted by Gasteiger charge is -2.24. The van der Waals surface area contributed by atoms with E-state index in [9.17, 15) is 4.79 Å². The third kappa shape index (κ3) is 2.61. The summed E-state index contributed by atoms with van der Waals surface area (Å²) in [6.07, 6.45) is 0.984. The van der Waals surface area contributed by atoms with E-state index in [2.05, 4.69) is 20.8 Å². The van der Waals surface area contributed by atoms with Crippen molar-refractivity contribution in [3.05, 3.63) is 22.2 Å². The predicted octanol–water partition coefficient (Wildman–Crippen LogP) is 2.01. The topological polar surface area (TPSA) is 49.6 Å². The molecule has 98 valence electrons. The molecule has 1 amide bonds. The van der Waals surface area contributed by atoms with E-state index in [0.29, 0.717) is 6.54 Å². The monoisotopic (exact) mass is 311 g/mol. The first kappa shape index (κ1) is 13.2. The van der Waals surface area contributed by atoms with Crippen molar-refractivity contribution in [3.63, 3.8) is 0 Å². The van der Waals surface area contributed by atoms with Crippen LogP contribution < -0.4 is 10.6 Å². The molecule has 4 nitrogen and oxygen atoms in total. The van der Waals surface area contributed by atoms with Crippen molar-refractivity contribution in [1.82, 2.24) is 4.90 Å². The van der Waals surface area contributed by atoms with Crippen molar-refractivity contribution >= 4 is 33.2 Å². The molecule has 2 N–H and O–H groups in total. The third-order valence-electron chi connectivity index (χ3n) is 3.35. The molecule has 0 bridgehead atoms. The number of carbonyl (C=O) groups excluding carboxylic acids is 1. The van der Waals surface area contributed by atoms with Gasteiger partial charge in [-0.2, -0.15) is 0 Å². The molecule has 0 saturated carbocycles. The van der Waals surface area contributed by atoms with Gasteiger partial charge in [-0.1, -0.05) is 0 Å². The zero-order chi connectivity index (χ0) is 13.3. The number of likely N-dealkylation sites (N-methyl/N-ethyl adjacent to an activating group) is 1. The first-order valence-corrected chi connectivity index (χ1v) is 6.83. The van der Waals surface area contributed by atoms with Gasteiger partial charge in [-0.15, -0.1) is 0 Å².